The molecule has 0 radical (unpaired) electrons. The van der Waals surface area contributed by atoms with Crippen LogP contribution in [0.5, 0.6) is 11.5 Å². The molecule has 3 aromatic carbocycles. The Labute approximate surface area is 159 Å². The van der Waals surface area contributed by atoms with Crippen LogP contribution in [0.2, 0.25) is 0 Å². The van der Waals surface area contributed by atoms with Crippen LogP contribution in [0.3, 0.4) is 0 Å². The fourth-order valence-corrected chi connectivity index (χ4v) is 2.69. The Morgan fingerprint density at radius 2 is 1.44 bits per heavy atom. The lowest BCUT2D eigenvalue weighted by atomic mass is 10.1. The quantitative estimate of drug-likeness (QED) is 0.676. The fourth-order valence-electron chi connectivity index (χ4n) is 2.69. The highest BCUT2D eigenvalue weighted by atomic mass is 16.5. The van der Waals surface area contributed by atoms with E-state index in [1.807, 2.05) is 66.7 Å². The highest BCUT2D eigenvalue weighted by Gasteiger charge is 2.14. The van der Waals surface area contributed by atoms with Crippen molar-refractivity contribution >= 4 is 5.91 Å². The van der Waals surface area contributed by atoms with Crippen molar-refractivity contribution in [3.05, 3.63) is 84.4 Å². The average Bonchev–Trinajstić information content (AvgIpc) is 2.73. The van der Waals surface area contributed by atoms with Crippen molar-refractivity contribution < 1.29 is 14.3 Å². The maximum atomic E-state index is 12.3. The Morgan fingerprint density at radius 1 is 0.852 bits per heavy atom. The van der Waals surface area contributed by atoms with Crippen LogP contribution >= 0.6 is 0 Å². The van der Waals surface area contributed by atoms with Gasteiger partial charge < -0.3 is 14.8 Å². The van der Waals surface area contributed by atoms with Crippen molar-refractivity contribution in [2.75, 3.05) is 7.11 Å². The molecule has 4 heteroatoms. The van der Waals surface area contributed by atoms with Crippen LogP contribution in [0.15, 0.2) is 78.9 Å². The van der Waals surface area contributed by atoms with E-state index in [9.17, 15) is 4.79 Å². The molecule has 0 aliphatic rings. The lowest BCUT2D eigenvalue weighted by Crippen LogP contribution is -2.35. The predicted molar refractivity (Wildman–Crippen MR) is 107 cm³/mol. The van der Waals surface area contributed by atoms with Crippen LogP contribution in [0.1, 0.15) is 12.5 Å². The van der Waals surface area contributed by atoms with Gasteiger partial charge in [-0.25, -0.2) is 0 Å². The number of carbonyl (C=O) groups excluding carboxylic acids is 1. The summed E-state index contributed by atoms with van der Waals surface area (Å²) in [5, 5.41) is 2.89. The van der Waals surface area contributed by atoms with Gasteiger partial charge in [0.2, 0.25) is 0 Å². The average molecular weight is 361 g/mol. The van der Waals surface area contributed by atoms with Gasteiger partial charge in [0.05, 0.1) is 7.11 Å². The number of amides is 1. The third-order valence-corrected chi connectivity index (χ3v) is 4.27. The Kier molecular flexibility index (Phi) is 6.10. The molecule has 0 aromatic heterocycles. The molecule has 0 aliphatic heterocycles. The molecular formula is C23H23NO3. The molecular weight excluding hydrogens is 338 g/mol. The summed E-state index contributed by atoms with van der Waals surface area (Å²) in [6, 6.07) is 25.5. The summed E-state index contributed by atoms with van der Waals surface area (Å²) in [5.74, 6) is 1.31. The largest absolute Gasteiger partial charge is 0.497 e. The summed E-state index contributed by atoms with van der Waals surface area (Å²) in [6.07, 6.45) is -0.578. The van der Waals surface area contributed by atoms with Gasteiger partial charge in [0.15, 0.2) is 6.10 Å². The predicted octanol–water partition coefficient (Wildman–Crippen LogP) is 4.45. The minimum absolute atomic E-state index is 0.155. The molecule has 0 fully saturated rings. The van der Waals surface area contributed by atoms with Gasteiger partial charge in [-0.1, -0.05) is 54.6 Å². The monoisotopic (exact) mass is 361 g/mol. The second kappa shape index (κ2) is 8.90. The number of ether oxygens (including phenoxy) is 2. The van der Waals surface area contributed by atoms with Gasteiger partial charge in [0.25, 0.3) is 5.91 Å². The van der Waals surface area contributed by atoms with Crippen molar-refractivity contribution in [1.29, 1.82) is 0 Å². The van der Waals surface area contributed by atoms with E-state index in [4.69, 9.17) is 9.47 Å². The molecule has 27 heavy (non-hydrogen) atoms. The standard InChI is InChI=1S/C23H23NO3/c1-17(23(25)24-16-18-8-12-21(26-2)13-9-18)27-22-14-10-20(11-15-22)19-6-4-3-5-7-19/h3-15,17H,16H2,1-2H3,(H,24,25)/t17-/m0/s1. The van der Waals surface area contributed by atoms with Crippen LogP contribution in [0, 0.1) is 0 Å². The van der Waals surface area contributed by atoms with Gasteiger partial charge in [-0.05, 0) is 47.9 Å². The molecule has 3 rings (SSSR count). The fraction of sp³-hybridized carbons (Fsp3) is 0.174. The first kappa shape index (κ1) is 18.5. The van der Waals surface area contributed by atoms with Crippen LogP contribution < -0.4 is 14.8 Å². The van der Waals surface area contributed by atoms with Crippen LogP contribution in [-0.4, -0.2) is 19.1 Å². The smallest absolute Gasteiger partial charge is 0.261 e. The van der Waals surface area contributed by atoms with Crippen molar-refractivity contribution in [1.82, 2.24) is 5.32 Å². The maximum absolute atomic E-state index is 12.3. The maximum Gasteiger partial charge on any atom is 0.261 e. The Morgan fingerprint density at radius 3 is 2.07 bits per heavy atom. The molecule has 1 N–H and O–H groups in total. The Bertz CT molecular complexity index is 858. The molecule has 3 aromatic rings. The molecule has 0 saturated carbocycles. The zero-order valence-electron chi connectivity index (χ0n) is 15.5. The molecule has 1 atom stereocenters. The number of methoxy groups -OCH3 is 1. The van der Waals surface area contributed by atoms with E-state index in [0.29, 0.717) is 12.3 Å². The van der Waals surface area contributed by atoms with Crippen molar-refractivity contribution in [2.45, 2.75) is 19.6 Å². The minimum atomic E-state index is -0.578. The SMILES string of the molecule is COc1ccc(CNC(=O)[C@H](C)Oc2ccc(-c3ccccc3)cc2)cc1. The van der Waals surface area contributed by atoms with Gasteiger partial charge in [-0.3, -0.25) is 4.79 Å². The molecule has 1 amide bonds. The van der Waals surface area contributed by atoms with Crippen molar-refractivity contribution in [3.8, 4) is 22.6 Å². The van der Waals surface area contributed by atoms with E-state index in [0.717, 1.165) is 22.4 Å². The summed E-state index contributed by atoms with van der Waals surface area (Å²) in [6.45, 7) is 2.19. The van der Waals surface area contributed by atoms with Crippen LogP contribution in [0.4, 0.5) is 0 Å². The topological polar surface area (TPSA) is 47.6 Å². The molecule has 0 saturated heterocycles. The summed E-state index contributed by atoms with van der Waals surface area (Å²) < 4.78 is 10.9. The first-order valence-electron chi connectivity index (χ1n) is 8.88. The number of hydrogen-bond donors (Lipinski definition) is 1. The Hall–Kier alpha value is -3.27. The second-order valence-electron chi connectivity index (χ2n) is 6.22. The van der Waals surface area contributed by atoms with Crippen LogP contribution in [-0.2, 0) is 11.3 Å². The van der Waals surface area contributed by atoms with E-state index >= 15 is 0 Å². The summed E-state index contributed by atoms with van der Waals surface area (Å²) in [7, 11) is 1.63. The summed E-state index contributed by atoms with van der Waals surface area (Å²) in [4.78, 5) is 12.3. The highest BCUT2D eigenvalue weighted by molar-refractivity contribution is 5.80. The molecule has 0 bridgehead atoms. The van der Waals surface area contributed by atoms with Crippen molar-refractivity contribution in [2.24, 2.45) is 0 Å². The molecule has 0 spiro atoms. The van der Waals surface area contributed by atoms with Gasteiger partial charge in [-0.15, -0.1) is 0 Å². The molecule has 0 unspecified atom stereocenters. The van der Waals surface area contributed by atoms with Gasteiger partial charge in [0, 0.05) is 6.54 Å². The van der Waals surface area contributed by atoms with E-state index in [1.54, 1.807) is 14.0 Å². The molecule has 0 heterocycles. The van der Waals surface area contributed by atoms with E-state index in [2.05, 4.69) is 17.4 Å². The summed E-state index contributed by atoms with van der Waals surface area (Å²) >= 11 is 0. The second-order valence-corrected chi connectivity index (χ2v) is 6.22. The normalized spacial score (nSPS) is 11.5. The first-order valence-corrected chi connectivity index (χ1v) is 8.88. The van der Waals surface area contributed by atoms with Gasteiger partial charge in [-0.2, -0.15) is 0 Å². The van der Waals surface area contributed by atoms with Crippen molar-refractivity contribution in [3.63, 3.8) is 0 Å². The number of benzene rings is 3. The zero-order valence-corrected chi connectivity index (χ0v) is 15.5. The number of rotatable bonds is 7. The Balaban J connectivity index is 1.53. The van der Waals surface area contributed by atoms with Crippen LogP contribution in [0.25, 0.3) is 11.1 Å². The van der Waals surface area contributed by atoms with E-state index < -0.39 is 6.10 Å². The third-order valence-electron chi connectivity index (χ3n) is 4.27. The number of nitrogens with one attached hydrogen (secondary N) is 1. The highest BCUT2D eigenvalue weighted by Crippen LogP contribution is 2.22. The van der Waals surface area contributed by atoms with E-state index in [-0.39, 0.29) is 5.91 Å². The lowest BCUT2D eigenvalue weighted by Gasteiger charge is -2.15. The van der Waals surface area contributed by atoms with Gasteiger partial charge in [0.1, 0.15) is 11.5 Å². The van der Waals surface area contributed by atoms with Gasteiger partial charge >= 0.3 is 0 Å². The minimum Gasteiger partial charge on any atom is -0.497 e. The molecule has 4 nitrogen and oxygen atoms in total. The molecule has 0 aliphatic carbocycles. The van der Waals surface area contributed by atoms with E-state index in [1.165, 1.54) is 0 Å². The zero-order chi connectivity index (χ0) is 19.1. The number of hydrogen-bond acceptors (Lipinski definition) is 3. The lowest BCUT2D eigenvalue weighted by molar-refractivity contribution is -0.127. The summed E-state index contributed by atoms with van der Waals surface area (Å²) in [5.41, 5.74) is 3.26. The number of carbonyl (C=O) groups is 1. The third kappa shape index (κ3) is 5.11. The first-order chi connectivity index (χ1) is 13.2. The molecule has 138 valence electrons.